The molecule has 0 aliphatic heterocycles. The third kappa shape index (κ3) is 2.65. The second-order valence-corrected chi connectivity index (χ2v) is 5.42. The van der Waals surface area contributed by atoms with Gasteiger partial charge in [0.1, 0.15) is 18.5 Å². The van der Waals surface area contributed by atoms with Gasteiger partial charge in [-0.2, -0.15) is 0 Å². The molecule has 0 spiro atoms. The Kier molecular flexibility index (Phi) is 3.77. The summed E-state index contributed by atoms with van der Waals surface area (Å²) in [6, 6.07) is 6.59. The number of halogens is 1. The number of benzene rings is 1. The van der Waals surface area contributed by atoms with Crippen LogP contribution in [0, 0.1) is 0 Å². The van der Waals surface area contributed by atoms with Crippen molar-refractivity contribution in [1.29, 1.82) is 0 Å². The molecule has 3 rings (SSSR count). The monoisotopic (exact) mass is 316 g/mol. The summed E-state index contributed by atoms with van der Waals surface area (Å²) < 4.78 is 16.5. The second-order valence-electron chi connectivity index (χ2n) is 4.99. The van der Waals surface area contributed by atoms with Crippen molar-refractivity contribution in [3.63, 3.8) is 0 Å². The molecule has 0 amide bonds. The first-order valence-corrected chi connectivity index (χ1v) is 7.00. The van der Waals surface area contributed by atoms with Crippen LogP contribution in [0.5, 0.6) is 5.75 Å². The molecule has 5 heteroatoms. The maximum absolute atomic E-state index is 12.7. The summed E-state index contributed by atoms with van der Waals surface area (Å²) in [4.78, 5) is 12.7. The summed E-state index contributed by atoms with van der Waals surface area (Å²) in [6.45, 7) is 5.81. The lowest BCUT2D eigenvalue weighted by atomic mass is 10.1. The van der Waals surface area contributed by atoms with Gasteiger partial charge in [0, 0.05) is 5.02 Å². The van der Waals surface area contributed by atoms with Crippen molar-refractivity contribution in [2.45, 2.75) is 6.92 Å². The highest BCUT2D eigenvalue weighted by molar-refractivity contribution is 6.31. The highest BCUT2D eigenvalue weighted by atomic mass is 35.5. The highest BCUT2D eigenvalue weighted by Crippen LogP contribution is 2.32. The molecule has 3 aromatic rings. The van der Waals surface area contributed by atoms with E-state index in [-0.39, 0.29) is 17.8 Å². The molecule has 0 N–H and O–H groups in total. The van der Waals surface area contributed by atoms with Crippen LogP contribution < -0.4 is 10.2 Å². The molecule has 4 nitrogen and oxygen atoms in total. The minimum absolute atomic E-state index is 0.124. The summed E-state index contributed by atoms with van der Waals surface area (Å²) in [5.41, 5.74) is 1.59. The lowest BCUT2D eigenvalue weighted by molar-refractivity contribution is 0.342. The number of ether oxygens (including phenoxy) is 1. The highest BCUT2D eigenvalue weighted by Gasteiger charge is 2.18. The number of hydrogen-bond donors (Lipinski definition) is 0. The van der Waals surface area contributed by atoms with Gasteiger partial charge in [0.05, 0.1) is 17.2 Å². The lowest BCUT2D eigenvalue weighted by Crippen LogP contribution is -2.11. The number of rotatable bonds is 4. The van der Waals surface area contributed by atoms with Gasteiger partial charge in [-0.1, -0.05) is 18.2 Å². The zero-order valence-electron chi connectivity index (χ0n) is 11.9. The summed E-state index contributed by atoms with van der Waals surface area (Å²) in [5.74, 6) is 0.453. The standard InChI is InChI=1S/C17H13ClO4/c1-10(2)8-21-17-15(19)13-7-12(18)3-4-14(13)22-16(17)11-5-6-20-9-11/h3-7,9H,1,8H2,2H3. The minimum atomic E-state index is -0.277. The fourth-order valence-electron chi connectivity index (χ4n) is 2.06. The maximum Gasteiger partial charge on any atom is 0.235 e. The molecule has 0 saturated carbocycles. The molecule has 0 saturated heterocycles. The van der Waals surface area contributed by atoms with Gasteiger partial charge in [0.15, 0.2) is 5.76 Å². The third-order valence-electron chi connectivity index (χ3n) is 3.06. The van der Waals surface area contributed by atoms with Crippen molar-refractivity contribution in [2.24, 2.45) is 0 Å². The SMILES string of the molecule is C=C(C)COc1c(-c2ccoc2)oc2ccc(Cl)cc2c1=O. The summed E-state index contributed by atoms with van der Waals surface area (Å²) >= 11 is 5.96. The van der Waals surface area contributed by atoms with Crippen LogP contribution in [0.25, 0.3) is 22.3 Å². The number of fused-ring (bicyclic) bond motifs is 1. The van der Waals surface area contributed by atoms with Crippen molar-refractivity contribution in [1.82, 2.24) is 0 Å². The van der Waals surface area contributed by atoms with Gasteiger partial charge in [-0.3, -0.25) is 4.79 Å². The molecule has 2 heterocycles. The molecule has 0 unspecified atom stereocenters. The molecule has 22 heavy (non-hydrogen) atoms. The molecule has 2 aromatic heterocycles. The predicted octanol–water partition coefficient (Wildman–Crippen LogP) is 4.66. The van der Waals surface area contributed by atoms with Crippen LogP contribution in [-0.2, 0) is 0 Å². The zero-order valence-corrected chi connectivity index (χ0v) is 12.6. The Labute approximate surface area is 131 Å². The van der Waals surface area contributed by atoms with Crippen LogP contribution in [0.3, 0.4) is 0 Å². The molecule has 112 valence electrons. The largest absolute Gasteiger partial charge is 0.482 e. The van der Waals surface area contributed by atoms with E-state index in [1.54, 1.807) is 24.3 Å². The summed E-state index contributed by atoms with van der Waals surface area (Å²) in [6.07, 6.45) is 3.00. The Hall–Kier alpha value is -2.46. The predicted molar refractivity (Wildman–Crippen MR) is 85.5 cm³/mol. The van der Waals surface area contributed by atoms with Crippen molar-refractivity contribution < 1.29 is 13.6 Å². The van der Waals surface area contributed by atoms with Crippen LogP contribution in [0.2, 0.25) is 5.02 Å². The van der Waals surface area contributed by atoms with Gasteiger partial charge in [-0.25, -0.2) is 0 Å². The van der Waals surface area contributed by atoms with E-state index in [2.05, 4.69) is 6.58 Å². The maximum atomic E-state index is 12.7. The zero-order chi connectivity index (χ0) is 15.7. The van der Waals surface area contributed by atoms with Gasteiger partial charge in [0.2, 0.25) is 11.2 Å². The van der Waals surface area contributed by atoms with Gasteiger partial charge < -0.3 is 13.6 Å². The molecule has 0 aliphatic carbocycles. The number of hydrogen-bond acceptors (Lipinski definition) is 4. The van der Waals surface area contributed by atoms with E-state index >= 15 is 0 Å². The fourth-order valence-corrected chi connectivity index (χ4v) is 2.23. The van der Waals surface area contributed by atoms with Crippen molar-refractivity contribution in [2.75, 3.05) is 6.61 Å². The van der Waals surface area contributed by atoms with Crippen LogP contribution >= 0.6 is 11.6 Å². The Bertz CT molecular complexity index is 891. The van der Waals surface area contributed by atoms with Gasteiger partial charge in [-0.05, 0) is 36.8 Å². The molecular formula is C17H13ClO4. The molecule has 0 bridgehead atoms. The average Bonchev–Trinajstić information content (AvgIpc) is 3.00. The average molecular weight is 317 g/mol. The van der Waals surface area contributed by atoms with E-state index in [9.17, 15) is 4.79 Å². The first-order chi connectivity index (χ1) is 10.6. The molecule has 1 aromatic carbocycles. The smallest absolute Gasteiger partial charge is 0.235 e. The summed E-state index contributed by atoms with van der Waals surface area (Å²) in [5, 5.41) is 0.832. The quantitative estimate of drug-likeness (QED) is 0.657. The summed E-state index contributed by atoms with van der Waals surface area (Å²) in [7, 11) is 0. The first kappa shape index (κ1) is 14.5. The van der Waals surface area contributed by atoms with Crippen molar-refractivity contribution in [3.8, 4) is 17.1 Å². The van der Waals surface area contributed by atoms with Gasteiger partial charge >= 0.3 is 0 Å². The molecule has 0 radical (unpaired) electrons. The van der Waals surface area contributed by atoms with Gasteiger partial charge in [-0.15, -0.1) is 0 Å². The Balaban J connectivity index is 2.27. The molecule has 0 aliphatic rings. The van der Waals surface area contributed by atoms with Crippen molar-refractivity contribution >= 4 is 22.6 Å². The van der Waals surface area contributed by atoms with Crippen molar-refractivity contribution in [3.05, 3.63) is 64.2 Å². The Morgan fingerprint density at radius 2 is 2.18 bits per heavy atom. The first-order valence-electron chi connectivity index (χ1n) is 6.62. The van der Waals surface area contributed by atoms with E-state index in [4.69, 9.17) is 25.2 Å². The Morgan fingerprint density at radius 1 is 1.36 bits per heavy atom. The minimum Gasteiger partial charge on any atom is -0.482 e. The van der Waals surface area contributed by atoms with E-state index < -0.39 is 0 Å². The van der Waals surface area contributed by atoms with Crippen LogP contribution in [0.15, 0.2) is 62.6 Å². The normalized spacial score (nSPS) is 10.8. The fraction of sp³-hybridized carbons (Fsp3) is 0.118. The lowest BCUT2D eigenvalue weighted by Gasteiger charge is -2.10. The van der Waals surface area contributed by atoms with Crippen LogP contribution in [0.1, 0.15) is 6.92 Å². The van der Waals surface area contributed by atoms with E-state index in [1.807, 2.05) is 6.92 Å². The third-order valence-corrected chi connectivity index (χ3v) is 3.29. The van der Waals surface area contributed by atoms with Crippen LogP contribution in [0.4, 0.5) is 0 Å². The van der Waals surface area contributed by atoms with Crippen LogP contribution in [-0.4, -0.2) is 6.61 Å². The topological polar surface area (TPSA) is 52.6 Å². The molecular weight excluding hydrogens is 304 g/mol. The Morgan fingerprint density at radius 3 is 2.86 bits per heavy atom. The number of furan rings is 1. The van der Waals surface area contributed by atoms with E-state index in [0.717, 1.165) is 5.57 Å². The molecule has 0 atom stereocenters. The molecule has 0 fully saturated rings. The van der Waals surface area contributed by atoms with Gasteiger partial charge in [0.25, 0.3) is 0 Å². The van der Waals surface area contributed by atoms with E-state index in [0.29, 0.717) is 27.3 Å². The van der Waals surface area contributed by atoms with E-state index in [1.165, 1.54) is 12.5 Å². The second kappa shape index (κ2) is 5.73.